The third kappa shape index (κ3) is 2.48. The van der Waals surface area contributed by atoms with Crippen LogP contribution in [-0.4, -0.2) is 18.2 Å². The molecular weight excluding hydrogens is 251 g/mol. The number of methoxy groups -OCH3 is 1. The Morgan fingerprint density at radius 1 is 1.50 bits per heavy atom. The molecule has 1 aromatic carbocycles. The molecule has 0 aromatic heterocycles. The van der Waals surface area contributed by atoms with Crippen LogP contribution in [0, 0.1) is 12.3 Å². The highest BCUT2D eigenvalue weighted by Crippen LogP contribution is 2.29. The summed E-state index contributed by atoms with van der Waals surface area (Å²) in [4.78, 5) is 11.3. The Balaban J connectivity index is 3.29. The average molecular weight is 259 g/mol. The van der Waals surface area contributed by atoms with Gasteiger partial charge in [-0.2, -0.15) is 0 Å². The van der Waals surface area contributed by atoms with Gasteiger partial charge in [-0.15, -0.1) is 6.42 Å². The molecule has 0 saturated carbocycles. The average Bonchev–Trinajstić information content (AvgIpc) is 2.26. The summed E-state index contributed by atoms with van der Waals surface area (Å²) in [6.07, 6.45) is 3.94. The van der Waals surface area contributed by atoms with Crippen LogP contribution in [0.15, 0.2) is 12.1 Å². The summed E-state index contributed by atoms with van der Waals surface area (Å²) >= 11 is 11.7. The van der Waals surface area contributed by atoms with Crippen molar-refractivity contribution in [2.45, 2.75) is 6.10 Å². The zero-order chi connectivity index (χ0) is 12.3. The first-order chi connectivity index (χ1) is 7.51. The second kappa shape index (κ2) is 5.22. The van der Waals surface area contributed by atoms with Crippen molar-refractivity contribution in [1.82, 2.24) is 0 Å². The van der Waals surface area contributed by atoms with Crippen LogP contribution in [0.2, 0.25) is 10.0 Å². The number of aliphatic hydroxyl groups excluding tert-OH is 1. The minimum atomic E-state index is -1.11. The van der Waals surface area contributed by atoms with E-state index >= 15 is 0 Å². The fourth-order valence-corrected chi connectivity index (χ4v) is 1.80. The van der Waals surface area contributed by atoms with E-state index in [9.17, 15) is 9.90 Å². The fraction of sp³-hybridized carbons (Fsp3) is 0.182. The molecule has 1 aromatic rings. The van der Waals surface area contributed by atoms with E-state index in [0.717, 1.165) is 0 Å². The van der Waals surface area contributed by atoms with Crippen molar-refractivity contribution in [3.63, 3.8) is 0 Å². The molecule has 0 spiro atoms. The highest BCUT2D eigenvalue weighted by Gasteiger charge is 2.18. The van der Waals surface area contributed by atoms with Crippen molar-refractivity contribution in [2.75, 3.05) is 7.11 Å². The molecule has 1 rings (SSSR count). The molecule has 5 heteroatoms. The normalized spacial score (nSPS) is 11.7. The van der Waals surface area contributed by atoms with E-state index in [0.29, 0.717) is 5.56 Å². The molecule has 0 amide bonds. The Kier molecular flexibility index (Phi) is 4.19. The van der Waals surface area contributed by atoms with Crippen LogP contribution in [0.1, 0.15) is 22.0 Å². The minimum absolute atomic E-state index is 0.0544. The number of carbonyl (C=O) groups excluding carboxylic acids is 1. The predicted octanol–water partition coefficient (Wildman–Crippen LogP) is 2.45. The summed E-state index contributed by atoms with van der Waals surface area (Å²) in [5, 5.41) is 9.57. The van der Waals surface area contributed by atoms with Crippen molar-refractivity contribution < 1.29 is 14.6 Å². The third-order valence-corrected chi connectivity index (χ3v) is 2.52. The van der Waals surface area contributed by atoms with Gasteiger partial charge in [-0.1, -0.05) is 29.1 Å². The van der Waals surface area contributed by atoms with Gasteiger partial charge in [0.05, 0.1) is 22.7 Å². The van der Waals surface area contributed by atoms with E-state index in [4.69, 9.17) is 29.6 Å². The van der Waals surface area contributed by atoms with Gasteiger partial charge in [-0.3, -0.25) is 0 Å². The number of ether oxygens (including phenoxy) is 1. The van der Waals surface area contributed by atoms with Crippen molar-refractivity contribution in [3.8, 4) is 12.3 Å². The fourth-order valence-electron chi connectivity index (χ4n) is 1.14. The summed E-state index contributed by atoms with van der Waals surface area (Å²) in [6, 6.07) is 2.76. The first-order valence-corrected chi connectivity index (χ1v) is 4.98. The summed E-state index contributed by atoms with van der Waals surface area (Å²) in [6.45, 7) is 0. The second-order valence-electron chi connectivity index (χ2n) is 2.92. The molecule has 0 fully saturated rings. The second-order valence-corrected chi connectivity index (χ2v) is 3.73. The molecule has 0 aliphatic carbocycles. The van der Waals surface area contributed by atoms with Crippen LogP contribution >= 0.6 is 23.2 Å². The summed E-state index contributed by atoms with van der Waals surface area (Å²) < 4.78 is 4.51. The number of terminal acetylenes is 1. The minimum Gasteiger partial charge on any atom is -0.465 e. The van der Waals surface area contributed by atoms with Gasteiger partial charge < -0.3 is 9.84 Å². The number of carbonyl (C=O) groups is 1. The van der Waals surface area contributed by atoms with Crippen molar-refractivity contribution in [2.24, 2.45) is 0 Å². The van der Waals surface area contributed by atoms with Crippen molar-refractivity contribution in [3.05, 3.63) is 33.3 Å². The lowest BCUT2D eigenvalue weighted by Gasteiger charge is -2.09. The lowest BCUT2D eigenvalue weighted by molar-refractivity contribution is 0.0601. The van der Waals surface area contributed by atoms with Crippen LogP contribution < -0.4 is 0 Å². The molecule has 1 atom stereocenters. The van der Waals surface area contributed by atoms with Gasteiger partial charge in [-0.05, 0) is 17.7 Å². The van der Waals surface area contributed by atoms with E-state index in [1.165, 1.54) is 19.2 Å². The first-order valence-electron chi connectivity index (χ1n) is 4.22. The molecule has 1 unspecified atom stereocenters. The Hall–Kier alpha value is -1.21. The van der Waals surface area contributed by atoms with E-state index in [-0.39, 0.29) is 15.6 Å². The lowest BCUT2D eigenvalue weighted by Crippen LogP contribution is -2.05. The van der Waals surface area contributed by atoms with Crippen molar-refractivity contribution >= 4 is 29.2 Å². The summed E-state index contributed by atoms with van der Waals surface area (Å²) in [7, 11) is 1.22. The van der Waals surface area contributed by atoms with Crippen molar-refractivity contribution in [1.29, 1.82) is 0 Å². The number of aliphatic hydroxyl groups is 1. The van der Waals surface area contributed by atoms with Gasteiger partial charge >= 0.3 is 5.97 Å². The van der Waals surface area contributed by atoms with Gasteiger partial charge in [0.25, 0.3) is 0 Å². The van der Waals surface area contributed by atoms with E-state index in [1.54, 1.807) is 0 Å². The first kappa shape index (κ1) is 12.9. The molecule has 0 saturated heterocycles. The molecule has 16 heavy (non-hydrogen) atoms. The Bertz CT molecular complexity index is 440. The van der Waals surface area contributed by atoms with Gasteiger partial charge in [0.1, 0.15) is 6.10 Å². The zero-order valence-corrected chi connectivity index (χ0v) is 9.84. The Morgan fingerprint density at radius 2 is 2.00 bits per heavy atom. The topological polar surface area (TPSA) is 46.5 Å². The van der Waals surface area contributed by atoms with E-state index in [1.807, 2.05) is 0 Å². The highest BCUT2D eigenvalue weighted by atomic mass is 35.5. The van der Waals surface area contributed by atoms with Crippen LogP contribution in [0.3, 0.4) is 0 Å². The summed E-state index contributed by atoms with van der Waals surface area (Å²) in [5.41, 5.74) is 0.406. The SMILES string of the molecule is C#CC(O)c1cc(Cl)c(C(=O)OC)c(Cl)c1. The van der Waals surface area contributed by atoms with Crippen LogP contribution in [0.5, 0.6) is 0 Å². The number of halogens is 2. The molecule has 0 bridgehead atoms. The maximum atomic E-state index is 11.3. The molecule has 0 aliphatic rings. The maximum Gasteiger partial charge on any atom is 0.340 e. The predicted molar refractivity (Wildman–Crippen MR) is 61.6 cm³/mol. The Morgan fingerprint density at radius 3 is 2.38 bits per heavy atom. The number of rotatable bonds is 2. The largest absolute Gasteiger partial charge is 0.465 e. The quantitative estimate of drug-likeness (QED) is 0.655. The maximum absolute atomic E-state index is 11.3. The molecule has 84 valence electrons. The van der Waals surface area contributed by atoms with Gasteiger partial charge in [0, 0.05) is 0 Å². The zero-order valence-electron chi connectivity index (χ0n) is 8.33. The molecule has 0 aliphatic heterocycles. The molecule has 0 radical (unpaired) electrons. The lowest BCUT2D eigenvalue weighted by atomic mass is 10.1. The number of benzene rings is 1. The van der Waals surface area contributed by atoms with Crippen LogP contribution in [0.25, 0.3) is 0 Å². The summed E-state index contributed by atoms with van der Waals surface area (Å²) in [5.74, 6) is 1.48. The van der Waals surface area contributed by atoms with Crippen LogP contribution in [0.4, 0.5) is 0 Å². The molecular formula is C11H8Cl2O3. The molecule has 3 nitrogen and oxygen atoms in total. The Labute approximate surface area is 103 Å². The van der Waals surface area contributed by atoms with E-state index in [2.05, 4.69) is 10.7 Å². The standard InChI is InChI=1S/C11H8Cl2O3/c1-3-9(14)6-4-7(12)10(8(13)5-6)11(15)16-2/h1,4-5,9,14H,2H3. The van der Waals surface area contributed by atoms with Gasteiger partial charge in [-0.25, -0.2) is 4.79 Å². The number of hydrogen-bond donors (Lipinski definition) is 1. The highest BCUT2D eigenvalue weighted by molar-refractivity contribution is 6.39. The molecule has 0 heterocycles. The monoisotopic (exact) mass is 258 g/mol. The van der Waals surface area contributed by atoms with Crippen LogP contribution in [-0.2, 0) is 4.74 Å². The number of esters is 1. The third-order valence-electron chi connectivity index (χ3n) is 1.93. The molecule has 1 N–H and O–H groups in total. The van der Waals surface area contributed by atoms with Gasteiger partial charge in [0.15, 0.2) is 0 Å². The number of hydrogen-bond acceptors (Lipinski definition) is 3. The van der Waals surface area contributed by atoms with E-state index < -0.39 is 12.1 Å². The smallest absolute Gasteiger partial charge is 0.340 e. The van der Waals surface area contributed by atoms with Gasteiger partial charge in [0.2, 0.25) is 0 Å².